The number of rotatable bonds is 10. The highest BCUT2D eigenvalue weighted by atomic mass is 32.2. The molecule has 7 heteroatoms. The smallest absolute Gasteiger partial charge is 0.272 e. The van der Waals surface area contributed by atoms with Crippen molar-refractivity contribution in [3.8, 4) is 0 Å². The van der Waals surface area contributed by atoms with Crippen LogP contribution >= 0.6 is 11.8 Å². The first-order valence-corrected chi connectivity index (χ1v) is 15.0. The van der Waals surface area contributed by atoms with Gasteiger partial charge in [0.1, 0.15) is 10.9 Å². The summed E-state index contributed by atoms with van der Waals surface area (Å²) in [4.78, 5) is 40.6. The van der Waals surface area contributed by atoms with Gasteiger partial charge in [0.25, 0.3) is 11.8 Å². The fourth-order valence-corrected chi connectivity index (χ4v) is 5.45. The van der Waals surface area contributed by atoms with Crippen LogP contribution in [-0.4, -0.2) is 17.7 Å². The minimum absolute atomic E-state index is 0.112. The van der Waals surface area contributed by atoms with E-state index in [0.717, 1.165) is 27.3 Å². The molecule has 0 heterocycles. The molecule has 0 bridgehead atoms. The number of aryl methyl sites for hydroxylation is 1. The van der Waals surface area contributed by atoms with E-state index in [1.54, 1.807) is 42.5 Å². The SMILES string of the molecule is Cc1ccccc1NC(=O)C(Sc1ccc(NC(=O)/C(=C/c2ccccc2)NC(=O)c2ccccc2)cc1)c1ccccc1. The second-order valence-electron chi connectivity index (χ2n) is 9.98. The van der Waals surface area contributed by atoms with Crippen molar-refractivity contribution in [2.45, 2.75) is 17.1 Å². The zero-order valence-corrected chi connectivity index (χ0v) is 24.9. The van der Waals surface area contributed by atoms with Crippen molar-refractivity contribution in [1.82, 2.24) is 5.32 Å². The van der Waals surface area contributed by atoms with Crippen molar-refractivity contribution in [2.24, 2.45) is 0 Å². The molecule has 0 radical (unpaired) electrons. The Balaban J connectivity index is 1.32. The van der Waals surface area contributed by atoms with Gasteiger partial charge in [-0.25, -0.2) is 0 Å². The molecule has 0 fully saturated rings. The third kappa shape index (κ3) is 8.12. The zero-order chi connectivity index (χ0) is 30.7. The molecule has 3 N–H and O–H groups in total. The monoisotopic (exact) mass is 597 g/mol. The van der Waals surface area contributed by atoms with E-state index < -0.39 is 11.2 Å². The summed E-state index contributed by atoms with van der Waals surface area (Å²) < 4.78 is 0. The molecule has 6 nitrogen and oxygen atoms in total. The molecular weight excluding hydrogens is 566 g/mol. The number of amides is 3. The summed E-state index contributed by atoms with van der Waals surface area (Å²) >= 11 is 1.42. The largest absolute Gasteiger partial charge is 0.325 e. The molecule has 0 aliphatic rings. The molecule has 0 spiro atoms. The molecule has 1 unspecified atom stereocenters. The van der Waals surface area contributed by atoms with E-state index in [0.29, 0.717) is 11.3 Å². The second kappa shape index (κ2) is 14.7. The van der Waals surface area contributed by atoms with Crippen molar-refractivity contribution in [3.63, 3.8) is 0 Å². The Kier molecular flexibility index (Phi) is 10.0. The van der Waals surface area contributed by atoms with Gasteiger partial charge in [-0.15, -0.1) is 11.8 Å². The minimum Gasteiger partial charge on any atom is -0.325 e. The van der Waals surface area contributed by atoms with E-state index in [9.17, 15) is 14.4 Å². The lowest BCUT2D eigenvalue weighted by Crippen LogP contribution is -2.30. The van der Waals surface area contributed by atoms with E-state index in [-0.39, 0.29) is 17.5 Å². The molecule has 5 aromatic carbocycles. The Hall–Kier alpha value is -5.40. The highest BCUT2D eigenvalue weighted by Crippen LogP contribution is 2.37. The van der Waals surface area contributed by atoms with Crippen LogP contribution in [0.3, 0.4) is 0 Å². The van der Waals surface area contributed by atoms with Crippen LogP contribution in [0, 0.1) is 6.92 Å². The van der Waals surface area contributed by atoms with Gasteiger partial charge in [0, 0.05) is 21.8 Å². The molecule has 44 heavy (non-hydrogen) atoms. The number of nitrogens with one attached hydrogen (secondary N) is 3. The Morgan fingerprint density at radius 2 is 1.25 bits per heavy atom. The molecule has 0 aliphatic carbocycles. The van der Waals surface area contributed by atoms with Crippen LogP contribution in [0.1, 0.15) is 32.3 Å². The van der Waals surface area contributed by atoms with Crippen LogP contribution in [0.25, 0.3) is 6.08 Å². The van der Waals surface area contributed by atoms with Gasteiger partial charge in [0.05, 0.1) is 0 Å². The highest BCUT2D eigenvalue weighted by molar-refractivity contribution is 8.00. The average molecular weight is 598 g/mol. The third-order valence-corrected chi connectivity index (χ3v) is 8.02. The molecule has 218 valence electrons. The van der Waals surface area contributed by atoms with Crippen molar-refractivity contribution in [2.75, 3.05) is 10.6 Å². The average Bonchev–Trinajstić information content (AvgIpc) is 3.06. The van der Waals surface area contributed by atoms with Gasteiger partial charge >= 0.3 is 0 Å². The summed E-state index contributed by atoms with van der Waals surface area (Å²) in [7, 11) is 0. The standard InChI is InChI=1S/C37H31N3O3S/c1-26-13-11-12-20-32(26)39-37(43)34(28-16-7-3-8-17-28)44-31-23-21-30(22-24-31)38-36(42)33(25-27-14-5-2-6-15-27)40-35(41)29-18-9-4-10-19-29/h2-25,34H,1H3,(H,38,42)(H,39,43)(H,40,41)/b33-25-. The lowest BCUT2D eigenvalue weighted by Gasteiger charge is -2.18. The van der Waals surface area contributed by atoms with Crippen LogP contribution in [-0.2, 0) is 9.59 Å². The fourth-order valence-electron chi connectivity index (χ4n) is 4.42. The highest BCUT2D eigenvalue weighted by Gasteiger charge is 2.23. The van der Waals surface area contributed by atoms with Gasteiger partial charge in [0.2, 0.25) is 5.91 Å². The molecule has 0 saturated heterocycles. The number of thioether (sulfide) groups is 1. The predicted molar refractivity (Wildman–Crippen MR) is 178 cm³/mol. The maximum atomic E-state index is 13.5. The van der Waals surface area contributed by atoms with Gasteiger partial charge in [-0.1, -0.05) is 97.1 Å². The van der Waals surface area contributed by atoms with E-state index >= 15 is 0 Å². The Morgan fingerprint density at radius 3 is 1.91 bits per heavy atom. The predicted octanol–water partition coefficient (Wildman–Crippen LogP) is 7.88. The number of carbonyl (C=O) groups is 3. The van der Waals surface area contributed by atoms with Crippen molar-refractivity contribution in [3.05, 3.63) is 167 Å². The lowest BCUT2D eigenvalue weighted by molar-refractivity contribution is -0.116. The van der Waals surface area contributed by atoms with Crippen molar-refractivity contribution >= 4 is 46.9 Å². The number of benzene rings is 5. The summed E-state index contributed by atoms with van der Waals surface area (Å²) in [5.74, 6) is -0.971. The maximum absolute atomic E-state index is 13.5. The fraction of sp³-hybridized carbons (Fsp3) is 0.0541. The minimum atomic E-state index is -0.496. The van der Waals surface area contributed by atoms with Crippen LogP contribution in [0.5, 0.6) is 0 Å². The number of hydrogen-bond donors (Lipinski definition) is 3. The van der Waals surface area contributed by atoms with Crippen molar-refractivity contribution in [1.29, 1.82) is 0 Å². The van der Waals surface area contributed by atoms with Crippen LogP contribution < -0.4 is 16.0 Å². The first-order chi connectivity index (χ1) is 21.5. The molecule has 0 saturated carbocycles. The van der Waals surface area contributed by atoms with Crippen molar-refractivity contribution < 1.29 is 14.4 Å². The van der Waals surface area contributed by atoms with Crippen LogP contribution in [0.4, 0.5) is 11.4 Å². The molecule has 0 aromatic heterocycles. The summed E-state index contributed by atoms with van der Waals surface area (Å²) in [6, 6.07) is 42.6. The Bertz CT molecular complexity index is 1760. The number of anilines is 2. The van der Waals surface area contributed by atoms with Gasteiger partial charge in [-0.05, 0) is 72.2 Å². The van der Waals surface area contributed by atoms with Gasteiger partial charge in [-0.3, -0.25) is 14.4 Å². The van der Waals surface area contributed by atoms with Crippen LogP contribution in [0.15, 0.2) is 150 Å². The maximum Gasteiger partial charge on any atom is 0.272 e. The topological polar surface area (TPSA) is 87.3 Å². The molecule has 5 rings (SSSR count). The molecule has 1 atom stereocenters. The van der Waals surface area contributed by atoms with E-state index in [2.05, 4.69) is 16.0 Å². The van der Waals surface area contributed by atoms with E-state index in [4.69, 9.17) is 0 Å². The van der Waals surface area contributed by atoms with Gasteiger partial charge in [0.15, 0.2) is 0 Å². The van der Waals surface area contributed by atoms with Gasteiger partial charge in [-0.2, -0.15) is 0 Å². The van der Waals surface area contributed by atoms with E-state index in [1.165, 1.54) is 11.8 Å². The normalized spacial score (nSPS) is 11.7. The Labute approximate surface area is 261 Å². The summed E-state index contributed by atoms with van der Waals surface area (Å²) in [6.07, 6.45) is 1.64. The lowest BCUT2D eigenvalue weighted by atomic mass is 10.1. The second-order valence-corrected chi connectivity index (χ2v) is 11.2. The number of para-hydroxylation sites is 1. The van der Waals surface area contributed by atoms with Gasteiger partial charge < -0.3 is 16.0 Å². The third-order valence-electron chi connectivity index (χ3n) is 6.75. The molecule has 0 aliphatic heterocycles. The first-order valence-electron chi connectivity index (χ1n) is 14.1. The summed E-state index contributed by atoms with van der Waals surface area (Å²) in [5, 5.41) is 8.21. The van der Waals surface area contributed by atoms with Crippen LogP contribution in [0.2, 0.25) is 0 Å². The number of hydrogen-bond acceptors (Lipinski definition) is 4. The summed E-state index contributed by atoms with van der Waals surface area (Å²) in [6.45, 7) is 1.96. The first kappa shape index (κ1) is 30.1. The molecular formula is C37H31N3O3S. The quantitative estimate of drug-likeness (QED) is 0.113. The zero-order valence-electron chi connectivity index (χ0n) is 24.1. The summed E-state index contributed by atoms with van der Waals surface area (Å²) in [5.41, 5.74) is 4.52. The Morgan fingerprint density at radius 1 is 0.659 bits per heavy atom. The molecule has 3 amide bonds. The number of carbonyl (C=O) groups excluding carboxylic acids is 3. The molecule has 5 aromatic rings. The van der Waals surface area contributed by atoms with E-state index in [1.807, 2.05) is 110 Å².